The van der Waals surface area contributed by atoms with Gasteiger partial charge in [-0.2, -0.15) is 0 Å². The van der Waals surface area contributed by atoms with Gasteiger partial charge < -0.3 is 20.4 Å². The SMILES string of the molecule is Nc1cccc(N2CCN(C(=O)N3CCCCC3)CC2)c1. The maximum Gasteiger partial charge on any atom is 0.320 e. The highest BCUT2D eigenvalue weighted by Crippen LogP contribution is 2.20. The molecule has 2 aliphatic heterocycles. The molecule has 0 aliphatic carbocycles. The maximum atomic E-state index is 12.5. The van der Waals surface area contributed by atoms with Crippen molar-refractivity contribution in [2.45, 2.75) is 19.3 Å². The van der Waals surface area contributed by atoms with E-state index in [-0.39, 0.29) is 6.03 Å². The maximum absolute atomic E-state index is 12.5. The molecule has 2 aliphatic rings. The molecule has 21 heavy (non-hydrogen) atoms. The zero-order chi connectivity index (χ0) is 14.7. The van der Waals surface area contributed by atoms with Crippen LogP contribution in [0.4, 0.5) is 16.2 Å². The van der Waals surface area contributed by atoms with Crippen molar-refractivity contribution in [2.75, 3.05) is 49.9 Å². The van der Waals surface area contributed by atoms with Gasteiger partial charge in [-0.3, -0.25) is 0 Å². The van der Waals surface area contributed by atoms with E-state index in [2.05, 4.69) is 11.0 Å². The van der Waals surface area contributed by atoms with Crippen LogP contribution in [0.1, 0.15) is 19.3 Å². The van der Waals surface area contributed by atoms with E-state index in [1.165, 1.54) is 6.42 Å². The van der Waals surface area contributed by atoms with Gasteiger partial charge in [-0.05, 0) is 37.5 Å². The Morgan fingerprint density at radius 2 is 1.57 bits per heavy atom. The summed E-state index contributed by atoms with van der Waals surface area (Å²) in [5, 5.41) is 0. The first kappa shape index (κ1) is 14.0. The van der Waals surface area contributed by atoms with E-state index in [0.29, 0.717) is 0 Å². The van der Waals surface area contributed by atoms with Gasteiger partial charge >= 0.3 is 6.03 Å². The first-order chi connectivity index (χ1) is 10.2. The van der Waals surface area contributed by atoms with E-state index in [0.717, 1.165) is 63.5 Å². The van der Waals surface area contributed by atoms with Crippen molar-refractivity contribution in [3.05, 3.63) is 24.3 Å². The summed E-state index contributed by atoms with van der Waals surface area (Å²) in [6, 6.07) is 8.19. The lowest BCUT2D eigenvalue weighted by Crippen LogP contribution is -2.53. The molecule has 0 unspecified atom stereocenters. The van der Waals surface area contributed by atoms with Crippen LogP contribution in [0.2, 0.25) is 0 Å². The minimum Gasteiger partial charge on any atom is -0.399 e. The molecule has 0 atom stereocenters. The Kier molecular flexibility index (Phi) is 4.18. The smallest absolute Gasteiger partial charge is 0.320 e. The van der Waals surface area contributed by atoms with E-state index in [9.17, 15) is 4.79 Å². The molecule has 3 rings (SSSR count). The van der Waals surface area contributed by atoms with Crippen molar-refractivity contribution >= 4 is 17.4 Å². The number of carbonyl (C=O) groups is 1. The lowest BCUT2D eigenvalue weighted by Gasteiger charge is -2.39. The summed E-state index contributed by atoms with van der Waals surface area (Å²) in [5.41, 5.74) is 7.78. The highest BCUT2D eigenvalue weighted by Gasteiger charge is 2.26. The van der Waals surface area contributed by atoms with Crippen molar-refractivity contribution in [3.63, 3.8) is 0 Å². The van der Waals surface area contributed by atoms with Gasteiger partial charge in [0.1, 0.15) is 0 Å². The Morgan fingerprint density at radius 3 is 2.24 bits per heavy atom. The quantitative estimate of drug-likeness (QED) is 0.804. The summed E-state index contributed by atoms with van der Waals surface area (Å²) in [6.45, 7) is 5.20. The van der Waals surface area contributed by atoms with Crippen molar-refractivity contribution < 1.29 is 4.79 Å². The highest BCUT2D eigenvalue weighted by molar-refractivity contribution is 5.75. The predicted molar refractivity (Wildman–Crippen MR) is 85.5 cm³/mol. The van der Waals surface area contributed by atoms with Gasteiger partial charge in [-0.15, -0.1) is 0 Å². The highest BCUT2D eigenvalue weighted by atomic mass is 16.2. The van der Waals surface area contributed by atoms with E-state index < -0.39 is 0 Å². The van der Waals surface area contributed by atoms with Crippen LogP contribution in [0.15, 0.2) is 24.3 Å². The molecule has 2 heterocycles. The fourth-order valence-electron chi connectivity index (χ4n) is 3.16. The van der Waals surface area contributed by atoms with Crippen LogP contribution < -0.4 is 10.6 Å². The predicted octanol–water partition coefficient (Wildman–Crippen LogP) is 2.00. The van der Waals surface area contributed by atoms with Crippen molar-refractivity contribution in [3.8, 4) is 0 Å². The van der Waals surface area contributed by atoms with Crippen molar-refractivity contribution in [1.82, 2.24) is 9.80 Å². The summed E-state index contributed by atoms with van der Waals surface area (Å²) < 4.78 is 0. The number of nitrogens with zero attached hydrogens (tertiary/aromatic N) is 3. The minimum absolute atomic E-state index is 0.224. The number of hydrogen-bond acceptors (Lipinski definition) is 3. The van der Waals surface area contributed by atoms with Gasteiger partial charge in [0, 0.05) is 50.6 Å². The van der Waals surface area contributed by atoms with Crippen molar-refractivity contribution in [2.24, 2.45) is 0 Å². The van der Waals surface area contributed by atoms with Crippen LogP contribution in [-0.2, 0) is 0 Å². The van der Waals surface area contributed by atoms with E-state index >= 15 is 0 Å². The summed E-state index contributed by atoms with van der Waals surface area (Å²) in [5.74, 6) is 0. The average molecular weight is 288 g/mol. The number of nitrogens with two attached hydrogens (primary N) is 1. The summed E-state index contributed by atoms with van der Waals surface area (Å²) in [4.78, 5) is 18.8. The lowest BCUT2D eigenvalue weighted by atomic mass is 10.1. The van der Waals surface area contributed by atoms with Crippen LogP contribution >= 0.6 is 0 Å². The molecule has 2 N–H and O–H groups in total. The number of piperidine rings is 1. The second-order valence-corrected chi connectivity index (χ2v) is 5.90. The fourth-order valence-corrected chi connectivity index (χ4v) is 3.16. The molecule has 0 bridgehead atoms. The third kappa shape index (κ3) is 3.23. The van der Waals surface area contributed by atoms with Crippen LogP contribution in [-0.4, -0.2) is 55.1 Å². The van der Waals surface area contributed by atoms with Gasteiger partial charge in [0.2, 0.25) is 0 Å². The Balaban J connectivity index is 1.56. The number of likely N-dealkylation sites (tertiary alicyclic amines) is 1. The van der Waals surface area contributed by atoms with E-state index in [1.54, 1.807) is 0 Å². The Bertz CT molecular complexity index is 491. The molecule has 0 radical (unpaired) electrons. The number of amides is 2. The van der Waals surface area contributed by atoms with E-state index in [1.807, 2.05) is 28.0 Å². The second kappa shape index (κ2) is 6.24. The number of nitrogen functional groups attached to an aromatic ring is 1. The van der Waals surface area contributed by atoms with Gasteiger partial charge in [-0.25, -0.2) is 4.79 Å². The first-order valence-corrected chi connectivity index (χ1v) is 7.88. The molecule has 0 aromatic heterocycles. The minimum atomic E-state index is 0.224. The number of hydrogen-bond donors (Lipinski definition) is 1. The molecular weight excluding hydrogens is 264 g/mol. The van der Waals surface area contributed by atoms with Crippen molar-refractivity contribution in [1.29, 1.82) is 0 Å². The number of anilines is 2. The number of carbonyl (C=O) groups excluding carboxylic acids is 1. The third-order valence-corrected chi connectivity index (χ3v) is 4.41. The van der Waals surface area contributed by atoms with Gasteiger partial charge in [0.05, 0.1) is 0 Å². The Labute approximate surface area is 126 Å². The summed E-state index contributed by atoms with van der Waals surface area (Å²) >= 11 is 0. The molecule has 1 aromatic carbocycles. The normalized spacial score (nSPS) is 19.7. The van der Waals surface area contributed by atoms with Crippen LogP contribution in [0.25, 0.3) is 0 Å². The number of piperazine rings is 1. The lowest BCUT2D eigenvalue weighted by molar-refractivity contribution is 0.141. The standard InChI is InChI=1S/C16H24N4O/c17-14-5-4-6-15(13-14)18-9-11-20(12-10-18)16(21)19-7-2-1-3-8-19/h4-6,13H,1-3,7-12,17H2. The Hall–Kier alpha value is -1.91. The third-order valence-electron chi connectivity index (χ3n) is 4.41. The summed E-state index contributed by atoms with van der Waals surface area (Å²) in [6.07, 6.45) is 3.55. The first-order valence-electron chi connectivity index (χ1n) is 7.88. The molecule has 5 nitrogen and oxygen atoms in total. The van der Waals surface area contributed by atoms with Gasteiger partial charge in [-0.1, -0.05) is 6.07 Å². The molecule has 0 saturated carbocycles. The molecule has 2 fully saturated rings. The molecule has 2 saturated heterocycles. The van der Waals surface area contributed by atoms with Gasteiger partial charge in [0.25, 0.3) is 0 Å². The second-order valence-electron chi connectivity index (χ2n) is 5.90. The molecule has 1 aromatic rings. The number of benzene rings is 1. The largest absolute Gasteiger partial charge is 0.399 e. The average Bonchev–Trinajstić information content (AvgIpc) is 2.55. The van der Waals surface area contributed by atoms with Gasteiger partial charge in [0.15, 0.2) is 0 Å². The van der Waals surface area contributed by atoms with Crippen LogP contribution in [0.5, 0.6) is 0 Å². The zero-order valence-electron chi connectivity index (χ0n) is 12.5. The number of urea groups is 1. The van der Waals surface area contributed by atoms with E-state index in [4.69, 9.17) is 5.73 Å². The molecule has 5 heteroatoms. The fraction of sp³-hybridized carbons (Fsp3) is 0.562. The Morgan fingerprint density at radius 1 is 0.905 bits per heavy atom. The zero-order valence-corrected chi connectivity index (χ0v) is 12.5. The van der Waals surface area contributed by atoms with Crippen LogP contribution in [0.3, 0.4) is 0 Å². The topological polar surface area (TPSA) is 52.8 Å². The monoisotopic (exact) mass is 288 g/mol. The number of rotatable bonds is 1. The summed E-state index contributed by atoms with van der Waals surface area (Å²) in [7, 11) is 0. The molecule has 2 amide bonds. The molecule has 114 valence electrons. The molecular formula is C16H24N4O. The van der Waals surface area contributed by atoms with Crippen LogP contribution in [0, 0.1) is 0 Å². The molecule has 0 spiro atoms.